The molecule has 12 nitrogen and oxygen atoms in total. The number of H-pyrrole nitrogens is 1. The molecule has 1 aliphatic carbocycles. The molecule has 0 radical (unpaired) electrons. The lowest BCUT2D eigenvalue weighted by Crippen LogP contribution is -2.43. The van der Waals surface area contributed by atoms with Gasteiger partial charge in [0.05, 0.1) is 12.7 Å². The van der Waals surface area contributed by atoms with Crippen LogP contribution >= 0.6 is 7.75 Å². The van der Waals surface area contributed by atoms with Crippen LogP contribution in [0.4, 0.5) is 4.39 Å². The summed E-state index contributed by atoms with van der Waals surface area (Å²) in [5.74, 6) is -0.458. The van der Waals surface area contributed by atoms with Gasteiger partial charge >= 0.3 is 19.4 Å². The van der Waals surface area contributed by atoms with Gasteiger partial charge in [-0.2, -0.15) is 5.09 Å². The number of hydrogen-bond donors (Lipinski definition) is 3. The number of rotatable bonds is 10. The number of halogens is 1. The molecule has 3 N–H and O–H groups in total. The molecule has 2 aliphatic rings. The lowest BCUT2D eigenvalue weighted by atomic mass is 9.92. The number of carbonyl (C=O) groups excluding carboxylic acids is 1. The summed E-state index contributed by atoms with van der Waals surface area (Å²) < 4.78 is 52.5. The summed E-state index contributed by atoms with van der Waals surface area (Å²) in [6.07, 6.45) is -0.327. The smallest absolute Gasteiger partial charge is 0.459 e. The Morgan fingerprint density at radius 2 is 1.95 bits per heavy atom. The largest absolute Gasteiger partial charge is 0.462 e. The zero-order valence-electron chi connectivity index (χ0n) is 22.8. The Kier molecular flexibility index (Phi) is 9.01. The molecule has 4 rings (SSSR count). The van der Waals surface area contributed by atoms with Crippen LogP contribution in [0.25, 0.3) is 0 Å². The monoisotopic (exact) mass is 583 g/mol. The molecular formula is C26H35FN3O9P. The maximum Gasteiger partial charge on any atom is 0.459 e. The summed E-state index contributed by atoms with van der Waals surface area (Å²) >= 11 is 0. The number of nitrogens with one attached hydrogen (secondary N) is 2. The van der Waals surface area contributed by atoms with Crippen molar-refractivity contribution in [3.63, 3.8) is 0 Å². The highest BCUT2D eigenvalue weighted by Crippen LogP contribution is 2.48. The first-order valence-corrected chi connectivity index (χ1v) is 14.7. The standard InChI is InChI=1S/C26H35FN3O9P/c1-15(2)37-23(33)16(3)29-40(35,39-19-10-9-17-7-5-6-8-18(17)13-19)36-14-20-22(32)26(4,27)24(38-20)30-12-11-21(31)28-25(30)34/h9-13,15-16,20,22,24,32H,5-8,14H2,1-4H3,(H,29,35)(H,28,31,34)/t16-,20+,22+,24+,26+,40-/m0/s1. The second kappa shape index (κ2) is 12.0. The lowest BCUT2D eigenvalue weighted by molar-refractivity contribution is -0.149. The fourth-order valence-electron chi connectivity index (χ4n) is 4.75. The number of esters is 1. The summed E-state index contributed by atoms with van der Waals surface area (Å²) in [4.78, 5) is 38.1. The zero-order valence-corrected chi connectivity index (χ0v) is 23.7. The molecule has 220 valence electrons. The van der Waals surface area contributed by atoms with E-state index in [0.717, 1.165) is 55.0 Å². The number of aryl methyl sites for hydroxylation is 2. The van der Waals surface area contributed by atoms with Gasteiger partial charge in [-0.25, -0.2) is 13.8 Å². The SMILES string of the molecule is CC(C)OC(=O)[C@H](C)N[P@](=O)(OC[C@H]1O[C@@H](n2ccc(=O)[nH]c2=O)[C@](C)(F)[C@@H]1O)Oc1ccc2c(c1)CCCC2. The van der Waals surface area contributed by atoms with Gasteiger partial charge in [0, 0.05) is 12.3 Å². The van der Waals surface area contributed by atoms with Crippen molar-refractivity contribution < 1.29 is 37.4 Å². The fourth-order valence-corrected chi connectivity index (χ4v) is 6.25. The predicted molar refractivity (Wildman–Crippen MR) is 142 cm³/mol. The molecule has 0 saturated carbocycles. The van der Waals surface area contributed by atoms with Gasteiger partial charge in [0.2, 0.25) is 0 Å². The Morgan fingerprint density at radius 3 is 2.62 bits per heavy atom. The van der Waals surface area contributed by atoms with Crippen LogP contribution in [0.15, 0.2) is 40.1 Å². The highest BCUT2D eigenvalue weighted by molar-refractivity contribution is 7.52. The fraction of sp³-hybridized carbons (Fsp3) is 0.577. The van der Waals surface area contributed by atoms with Crippen LogP contribution in [0.1, 0.15) is 57.9 Å². The van der Waals surface area contributed by atoms with Gasteiger partial charge in [0.25, 0.3) is 5.56 Å². The van der Waals surface area contributed by atoms with Crippen LogP contribution in [0.3, 0.4) is 0 Å². The molecule has 1 aromatic heterocycles. The van der Waals surface area contributed by atoms with Gasteiger partial charge in [-0.15, -0.1) is 0 Å². The van der Waals surface area contributed by atoms with Crippen molar-refractivity contribution in [3.05, 3.63) is 62.4 Å². The number of carbonyl (C=O) groups is 1. The molecule has 40 heavy (non-hydrogen) atoms. The third kappa shape index (κ3) is 6.72. The first-order chi connectivity index (χ1) is 18.8. The molecule has 2 aromatic rings. The van der Waals surface area contributed by atoms with E-state index in [1.807, 2.05) is 11.1 Å². The summed E-state index contributed by atoms with van der Waals surface area (Å²) in [5.41, 5.74) is -1.88. The van der Waals surface area contributed by atoms with E-state index in [1.54, 1.807) is 26.0 Å². The molecule has 1 fully saturated rings. The van der Waals surface area contributed by atoms with Crippen LogP contribution in [0, 0.1) is 0 Å². The van der Waals surface area contributed by atoms with Gasteiger partial charge in [-0.05, 0) is 76.6 Å². The van der Waals surface area contributed by atoms with E-state index in [4.69, 9.17) is 18.5 Å². The number of aromatic amines is 1. The van der Waals surface area contributed by atoms with Gasteiger partial charge in [-0.3, -0.25) is 23.7 Å². The van der Waals surface area contributed by atoms with E-state index in [1.165, 1.54) is 12.5 Å². The number of alkyl halides is 1. The summed E-state index contributed by atoms with van der Waals surface area (Å²) in [7, 11) is -4.34. The molecule has 1 aromatic carbocycles. The number of benzene rings is 1. The van der Waals surface area contributed by atoms with Gasteiger partial charge in [0.1, 0.15) is 24.0 Å². The molecule has 6 atom stereocenters. The highest BCUT2D eigenvalue weighted by Gasteiger charge is 2.56. The number of aliphatic hydroxyl groups excluding tert-OH is 1. The lowest BCUT2D eigenvalue weighted by Gasteiger charge is -2.26. The van der Waals surface area contributed by atoms with E-state index in [2.05, 4.69) is 5.09 Å². The molecule has 14 heteroatoms. The van der Waals surface area contributed by atoms with Crippen molar-refractivity contribution in [1.82, 2.24) is 14.6 Å². The molecule has 2 heterocycles. The Bertz CT molecular complexity index is 1390. The van der Waals surface area contributed by atoms with Crippen molar-refractivity contribution in [3.8, 4) is 5.75 Å². The van der Waals surface area contributed by atoms with Gasteiger partial charge < -0.3 is 19.1 Å². The first kappa shape index (κ1) is 30.1. The summed E-state index contributed by atoms with van der Waals surface area (Å²) in [6.45, 7) is 5.17. The van der Waals surface area contributed by atoms with Crippen LogP contribution < -0.4 is 20.9 Å². The van der Waals surface area contributed by atoms with E-state index >= 15 is 4.39 Å². The van der Waals surface area contributed by atoms with Crippen molar-refractivity contribution in [2.75, 3.05) is 6.61 Å². The molecule has 0 spiro atoms. The number of aromatic nitrogens is 2. The Hall–Kier alpha value is -2.83. The van der Waals surface area contributed by atoms with E-state index in [-0.39, 0.29) is 5.75 Å². The maximum atomic E-state index is 15.6. The van der Waals surface area contributed by atoms with Crippen molar-refractivity contribution in [2.24, 2.45) is 0 Å². The Morgan fingerprint density at radius 1 is 1.25 bits per heavy atom. The molecule has 0 unspecified atom stereocenters. The number of aliphatic hydroxyl groups is 1. The second-order valence-electron chi connectivity index (χ2n) is 10.5. The minimum absolute atomic E-state index is 0.238. The topological polar surface area (TPSA) is 158 Å². The number of ether oxygens (including phenoxy) is 2. The molecule has 0 bridgehead atoms. The minimum atomic E-state index is -4.34. The molecule has 1 aliphatic heterocycles. The zero-order chi connectivity index (χ0) is 29.2. The summed E-state index contributed by atoms with van der Waals surface area (Å²) in [5, 5.41) is 13.2. The normalized spacial score (nSPS) is 26.6. The Balaban J connectivity index is 1.55. The number of hydrogen-bond acceptors (Lipinski definition) is 9. The first-order valence-electron chi connectivity index (χ1n) is 13.2. The minimum Gasteiger partial charge on any atom is -0.462 e. The van der Waals surface area contributed by atoms with Crippen LogP contribution in [0.5, 0.6) is 5.75 Å². The average Bonchev–Trinajstić information content (AvgIpc) is 3.10. The maximum absolute atomic E-state index is 15.6. The number of nitrogens with zero attached hydrogens (tertiary/aromatic N) is 1. The molecule has 1 saturated heterocycles. The van der Waals surface area contributed by atoms with E-state index < -0.39 is 67.8 Å². The van der Waals surface area contributed by atoms with Gasteiger partial charge in [0.15, 0.2) is 11.9 Å². The predicted octanol–water partition coefficient (Wildman–Crippen LogP) is 2.54. The summed E-state index contributed by atoms with van der Waals surface area (Å²) in [6, 6.07) is 5.20. The van der Waals surface area contributed by atoms with Gasteiger partial charge in [-0.1, -0.05) is 6.07 Å². The van der Waals surface area contributed by atoms with E-state index in [0.29, 0.717) is 0 Å². The number of fused-ring (bicyclic) bond motifs is 1. The Labute approximate surface area is 230 Å². The van der Waals surface area contributed by atoms with Crippen molar-refractivity contribution in [1.29, 1.82) is 0 Å². The van der Waals surface area contributed by atoms with Crippen LogP contribution in [-0.4, -0.2) is 57.3 Å². The van der Waals surface area contributed by atoms with Crippen molar-refractivity contribution in [2.45, 2.75) is 89.6 Å². The third-order valence-electron chi connectivity index (χ3n) is 6.83. The van der Waals surface area contributed by atoms with Crippen LogP contribution in [0.2, 0.25) is 0 Å². The second-order valence-corrected chi connectivity index (χ2v) is 12.2. The van der Waals surface area contributed by atoms with E-state index in [9.17, 15) is 24.1 Å². The quantitative estimate of drug-likeness (QED) is 0.280. The molecule has 0 amide bonds. The van der Waals surface area contributed by atoms with Crippen LogP contribution in [-0.2, 0) is 36.2 Å². The van der Waals surface area contributed by atoms with Crippen molar-refractivity contribution >= 4 is 13.7 Å². The third-order valence-corrected chi connectivity index (χ3v) is 8.48. The molecular weight excluding hydrogens is 548 g/mol. The average molecular weight is 584 g/mol. The highest BCUT2D eigenvalue weighted by atomic mass is 31.2.